The van der Waals surface area contributed by atoms with Crippen LogP contribution in [0, 0.1) is 11.8 Å². The van der Waals surface area contributed by atoms with E-state index in [4.69, 9.17) is 9.47 Å². The van der Waals surface area contributed by atoms with Gasteiger partial charge < -0.3 is 14.8 Å². The topological polar surface area (TPSA) is 64.6 Å². The molecule has 1 aromatic heterocycles. The summed E-state index contributed by atoms with van der Waals surface area (Å²) in [6.45, 7) is 6.12. The minimum Gasteiger partial charge on any atom is -0.465 e. The van der Waals surface area contributed by atoms with E-state index in [1.165, 1.54) is 18.4 Å². The van der Waals surface area contributed by atoms with E-state index < -0.39 is 0 Å². The van der Waals surface area contributed by atoms with Crippen LogP contribution in [0.3, 0.4) is 0 Å². The second-order valence-electron chi connectivity index (χ2n) is 8.19. The van der Waals surface area contributed by atoms with Gasteiger partial charge in [-0.1, -0.05) is 44.2 Å². The number of rotatable bonds is 8. The van der Waals surface area contributed by atoms with E-state index in [-0.39, 0.29) is 23.7 Å². The molecule has 0 saturated carbocycles. The molecule has 1 N–H and O–H groups in total. The third-order valence-corrected chi connectivity index (χ3v) is 7.31. The van der Waals surface area contributed by atoms with E-state index in [0.29, 0.717) is 17.3 Å². The number of carbonyl (C=O) groups excluding carboxylic acids is 2. The van der Waals surface area contributed by atoms with Gasteiger partial charge in [0.2, 0.25) is 0 Å². The zero-order valence-corrected chi connectivity index (χ0v) is 19.5. The van der Waals surface area contributed by atoms with Gasteiger partial charge in [0.25, 0.3) is 0 Å². The highest BCUT2D eigenvalue weighted by molar-refractivity contribution is 7.17. The van der Waals surface area contributed by atoms with Gasteiger partial charge in [0.05, 0.1) is 13.2 Å². The maximum atomic E-state index is 13.3. The van der Waals surface area contributed by atoms with E-state index in [9.17, 15) is 9.59 Å². The number of ketones is 1. The van der Waals surface area contributed by atoms with Crippen molar-refractivity contribution in [1.82, 2.24) is 5.32 Å². The first-order valence-corrected chi connectivity index (χ1v) is 12.0. The fraction of sp³-hybridized carbons (Fsp3) is 0.520. The van der Waals surface area contributed by atoms with Crippen molar-refractivity contribution in [2.24, 2.45) is 11.8 Å². The zero-order chi connectivity index (χ0) is 22.2. The van der Waals surface area contributed by atoms with E-state index in [2.05, 4.69) is 12.2 Å². The molecule has 168 valence electrons. The Labute approximate surface area is 189 Å². The number of methoxy groups -OCH3 is 1. The molecule has 0 radical (unpaired) electrons. The average molecular weight is 444 g/mol. The van der Waals surface area contributed by atoms with Crippen molar-refractivity contribution in [3.05, 3.63) is 46.8 Å². The Morgan fingerprint density at radius 3 is 2.71 bits per heavy atom. The minimum atomic E-state index is -0.336. The maximum Gasteiger partial charge on any atom is 0.348 e. The number of hydrogen-bond donors (Lipinski definition) is 1. The molecular formula is C25H33NO4S. The number of ether oxygens (including phenoxy) is 2. The van der Waals surface area contributed by atoms with Crippen molar-refractivity contribution >= 4 is 23.1 Å². The number of hydrogen-bond acceptors (Lipinski definition) is 6. The van der Waals surface area contributed by atoms with Gasteiger partial charge in [-0.05, 0) is 48.8 Å². The number of carbonyl (C=O) groups is 2. The number of esters is 1. The summed E-state index contributed by atoms with van der Waals surface area (Å²) < 4.78 is 10.6. The summed E-state index contributed by atoms with van der Waals surface area (Å²) in [7, 11) is 1.40. The van der Waals surface area contributed by atoms with Crippen LogP contribution in [-0.2, 0) is 20.8 Å². The third kappa shape index (κ3) is 6.03. The Balaban J connectivity index is 1.75. The molecule has 0 spiro atoms. The molecule has 1 aliphatic rings. The number of nitrogens with one attached hydrogen (secondary N) is 1. The van der Waals surface area contributed by atoms with Crippen LogP contribution in [0.4, 0.5) is 0 Å². The molecule has 1 aromatic carbocycles. The molecule has 1 aliphatic heterocycles. The lowest BCUT2D eigenvalue weighted by Crippen LogP contribution is -2.42. The van der Waals surface area contributed by atoms with Gasteiger partial charge in [0.1, 0.15) is 4.88 Å². The molecule has 2 heterocycles. The highest BCUT2D eigenvalue weighted by Gasteiger charge is 2.30. The normalized spacial score (nSPS) is 20.5. The molecule has 3 unspecified atom stereocenters. The van der Waals surface area contributed by atoms with E-state index in [1.807, 2.05) is 43.3 Å². The first-order valence-electron chi connectivity index (χ1n) is 11.2. The molecule has 1 saturated heterocycles. The second kappa shape index (κ2) is 11.6. The van der Waals surface area contributed by atoms with E-state index in [1.54, 1.807) is 0 Å². The molecule has 0 aliphatic carbocycles. The monoisotopic (exact) mass is 443 g/mol. The summed E-state index contributed by atoms with van der Waals surface area (Å²) in [6.07, 6.45) is 3.45. The Bertz CT molecular complexity index is 864. The number of benzene rings is 1. The van der Waals surface area contributed by atoms with Crippen LogP contribution < -0.4 is 5.32 Å². The predicted octanol–water partition coefficient (Wildman–Crippen LogP) is 5.09. The lowest BCUT2D eigenvalue weighted by Gasteiger charge is -2.29. The highest BCUT2D eigenvalue weighted by Crippen LogP contribution is 2.32. The van der Waals surface area contributed by atoms with Crippen molar-refractivity contribution in [2.45, 2.75) is 52.1 Å². The summed E-state index contributed by atoms with van der Waals surface area (Å²) >= 11 is 1.43. The van der Waals surface area contributed by atoms with Crippen LogP contribution in [0.25, 0.3) is 10.4 Å². The standard InChI is InChI=1S/C25H33NO4S/c1-4-21(23(27)20-11-8-13-30-14-12-17(20)2)26-16-19-15-22(18-9-6-5-7-10-18)31-24(19)25(28)29-3/h5-7,9-10,15,17,20-21,26H,4,8,11-14,16H2,1-3H3. The summed E-state index contributed by atoms with van der Waals surface area (Å²) in [4.78, 5) is 27.3. The fourth-order valence-electron chi connectivity index (χ4n) is 4.19. The molecule has 1 fully saturated rings. The number of Topliss-reactive ketones (excluding diaryl/α,β-unsaturated/α-hetero) is 1. The van der Waals surface area contributed by atoms with Gasteiger partial charge >= 0.3 is 5.97 Å². The molecule has 2 aromatic rings. The van der Waals surface area contributed by atoms with Crippen molar-refractivity contribution in [1.29, 1.82) is 0 Å². The van der Waals surface area contributed by atoms with Crippen molar-refractivity contribution in [2.75, 3.05) is 20.3 Å². The zero-order valence-electron chi connectivity index (χ0n) is 18.7. The molecule has 0 bridgehead atoms. The summed E-state index contributed by atoms with van der Waals surface area (Å²) in [5.41, 5.74) is 1.94. The minimum absolute atomic E-state index is 0.0591. The van der Waals surface area contributed by atoms with Gasteiger partial charge in [-0.3, -0.25) is 4.79 Å². The lowest BCUT2D eigenvalue weighted by atomic mass is 9.81. The third-order valence-electron chi connectivity index (χ3n) is 6.10. The molecule has 3 rings (SSSR count). The van der Waals surface area contributed by atoms with Gasteiger partial charge in [-0.25, -0.2) is 4.79 Å². The van der Waals surface area contributed by atoms with Gasteiger partial charge in [-0.2, -0.15) is 0 Å². The maximum absolute atomic E-state index is 13.3. The van der Waals surface area contributed by atoms with Crippen LogP contribution in [-0.4, -0.2) is 38.1 Å². The van der Waals surface area contributed by atoms with Crippen molar-refractivity contribution < 1.29 is 19.1 Å². The van der Waals surface area contributed by atoms with E-state index in [0.717, 1.165) is 54.9 Å². The molecule has 3 atom stereocenters. The molecule has 0 amide bonds. The Kier molecular flexibility index (Phi) is 8.81. The van der Waals surface area contributed by atoms with Gasteiger partial charge in [0, 0.05) is 30.6 Å². The predicted molar refractivity (Wildman–Crippen MR) is 124 cm³/mol. The molecule has 6 heteroatoms. The lowest BCUT2D eigenvalue weighted by molar-refractivity contribution is -0.127. The SMILES string of the molecule is CCC(NCc1cc(-c2ccccc2)sc1C(=O)OC)C(=O)C1CCCOCCC1C. The largest absolute Gasteiger partial charge is 0.465 e. The van der Waals surface area contributed by atoms with Crippen LogP contribution in [0.15, 0.2) is 36.4 Å². The van der Waals surface area contributed by atoms with Crippen LogP contribution in [0.5, 0.6) is 0 Å². The Morgan fingerprint density at radius 2 is 2.00 bits per heavy atom. The van der Waals surface area contributed by atoms with Crippen LogP contribution >= 0.6 is 11.3 Å². The molecular weight excluding hydrogens is 410 g/mol. The summed E-state index contributed by atoms with van der Waals surface area (Å²) in [5.74, 6) is 0.330. The number of thiophene rings is 1. The molecule has 31 heavy (non-hydrogen) atoms. The fourth-order valence-corrected chi connectivity index (χ4v) is 5.30. The first-order chi connectivity index (χ1) is 15.0. The van der Waals surface area contributed by atoms with Crippen LogP contribution in [0.1, 0.15) is 54.8 Å². The second-order valence-corrected chi connectivity index (χ2v) is 9.25. The average Bonchev–Trinajstić information content (AvgIpc) is 3.21. The van der Waals surface area contributed by atoms with Crippen molar-refractivity contribution in [3.63, 3.8) is 0 Å². The highest BCUT2D eigenvalue weighted by atomic mass is 32.1. The molecule has 5 nitrogen and oxygen atoms in total. The Hall–Kier alpha value is -2.02. The smallest absolute Gasteiger partial charge is 0.348 e. The Morgan fingerprint density at radius 1 is 1.23 bits per heavy atom. The van der Waals surface area contributed by atoms with Crippen molar-refractivity contribution in [3.8, 4) is 10.4 Å². The summed E-state index contributed by atoms with van der Waals surface area (Å²) in [6, 6.07) is 11.8. The summed E-state index contributed by atoms with van der Waals surface area (Å²) in [5, 5.41) is 3.44. The first kappa shape index (κ1) is 23.6. The van der Waals surface area contributed by atoms with Gasteiger partial charge in [0.15, 0.2) is 5.78 Å². The van der Waals surface area contributed by atoms with E-state index >= 15 is 0 Å². The van der Waals surface area contributed by atoms with Gasteiger partial charge in [-0.15, -0.1) is 11.3 Å². The van der Waals surface area contributed by atoms with Crippen LogP contribution in [0.2, 0.25) is 0 Å². The quantitative estimate of drug-likeness (QED) is 0.576.